The lowest BCUT2D eigenvalue weighted by Gasteiger charge is -2.24. The zero-order chi connectivity index (χ0) is 15.8. The van der Waals surface area contributed by atoms with Gasteiger partial charge in [0.1, 0.15) is 13.1 Å². The predicted octanol–water partition coefficient (Wildman–Crippen LogP) is -1.37. The lowest BCUT2D eigenvalue weighted by atomic mass is 10.3. The fraction of sp³-hybridized carbons (Fsp3) is 0.364. The molecule has 0 radical (unpaired) electrons. The zero-order valence-electron chi connectivity index (χ0n) is 11.3. The van der Waals surface area contributed by atoms with Crippen LogP contribution in [0.2, 0.25) is 0 Å². The zero-order valence-corrected chi connectivity index (χ0v) is 12.1. The first kappa shape index (κ1) is 15.2. The molecule has 1 aromatic rings. The van der Waals surface area contributed by atoms with Gasteiger partial charge in [0.05, 0.1) is 0 Å². The molecule has 10 heteroatoms. The number of carbonyl (C=O) groups is 3. The number of furan rings is 1. The third kappa shape index (κ3) is 2.95. The first-order valence-electron chi connectivity index (χ1n) is 5.86. The first-order valence-corrected chi connectivity index (χ1v) is 7.30. The summed E-state index contributed by atoms with van der Waals surface area (Å²) in [6.45, 7) is -0.581. The summed E-state index contributed by atoms with van der Waals surface area (Å²) in [5.74, 6) is -2.18. The van der Waals surface area contributed by atoms with E-state index < -0.39 is 27.7 Å². The van der Waals surface area contributed by atoms with E-state index in [4.69, 9.17) is 4.42 Å². The second-order valence-electron chi connectivity index (χ2n) is 4.54. The van der Waals surface area contributed by atoms with Crippen LogP contribution in [0.4, 0.5) is 0 Å². The summed E-state index contributed by atoms with van der Waals surface area (Å²) in [5, 5.41) is 1.67. The van der Waals surface area contributed by atoms with Crippen LogP contribution in [0.1, 0.15) is 10.6 Å². The Kier molecular flexibility index (Phi) is 3.83. The highest BCUT2D eigenvalue weighted by Crippen LogP contribution is 2.18. The second-order valence-corrected chi connectivity index (χ2v) is 6.62. The van der Waals surface area contributed by atoms with Crippen LogP contribution >= 0.6 is 0 Å². The number of hydrogen-bond donors (Lipinski definition) is 1. The second kappa shape index (κ2) is 5.30. The number of nitrogens with one attached hydrogen (secondary N) is 1. The number of rotatable bonds is 3. The van der Waals surface area contributed by atoms with E-state index in [1.807, 2.05) is 0 Å². The minimum Gasteiger partial charge on any atom is -0.438 e. The van der Waals surface area contributed by atoms with Gasteiger partial charge >= 0.3 is 0 Å². The molecule has 1 aliphatic heterocycles. The molecule has 0 atom stereocenters. The summed E-state index contributed by atoms with van der Waals surface area (Å²) >= 11 is 0. The molecule has 0 spiro atoms. The molecule has 2 heterocycles. The fourth-order valence-corrected chi connectivity index (χ4v) is 2.49. The molecular formula is C11H13N3O6S. The van der Waals surface area contributed by atoms with Crippen LogP contribution in [0.15, 0.2) is 21.6 Å². The van der Waals surface area contributed by atoms with Crippen LogP contribution in [0.3, 0.4) is 0 Å². The summed E-state index contributed by atoms with van der Waals surface area (Å²) < 4.78 is 29.6. The van der Waals surface area contributed by atoms with Crippen molar-refractivity contribution in [3.63, 3.8) is 0 Å². The lowest BCUT2D eigenvalue weighted by molar-refractivity contribution is -0.135. The Balaban J connectivity index is 2.24. The first-order chi connectivity index (χ1) is 9.71. The molecule has 21 heavy (non-hydrogen) atoms. The van der Waals surface area contributed by atoms with Crippen molar-refractivity contribution in [2.45, 2.75) is 5.09 Å². The number of amides is 3. The Morgan fingerprint density at radius 2 is 1.81 bits per heavy atom. The number of carbonyl (C=O) groups excluding carboxylic acids is 3. The largest absolute Gasteiger partial charge is 0.438 e. The molecule has 1 aliphatic rings. The van der Waals surface area contributed by atoms with E-state index in [2.05, 4.69) is 5.32 Å². The van der Waals surface area contributed by atoms with E-state index in [0.29, 0.717) is 0 Å². The maximum Gasteiger partial charge on any atom is 0.290 e. The van der Waals surface area contributed by atoms with Crippen LogP contribution in [-0.4, -0.2) is 62.5 Å². The number of hydrogen-bond acceptors (Lipinski definition) is 6. The van der Waals surface area contributed by atoms with E-state index >= 15 is 0 Å². The van der Waals surface area contributed by atoms with Gasteiger partial charge in [-0.2, -0.15) is 0 Å². The molecule has 114 valence electrons. The van der Waals surface area contributed by atoms with E-state index in [-0.39, 0.29) is 23.9 Å². The summed E-state index contributed by atoms with van der Waals surface area (Å²) in [5.41, 5.74) is 0. The van der Waals surface area contributed by atoms with Crippen LogP contribution in [-0.2, 0) is 19.6 Å². The minimum absolute atomic E-state index is 0.252. The van der Waals surface area contributed by atoms with Gasteiger partial charge in [0.2, 0.25) is 16.9 Å². The van der Waals surface area contributed by atoms with E-state index in [9.17, 15) is 22.8 Å². The van der Waals surface area contributed by atoms with Gasteiger partial charge in [-0.3, -0.25) is 19.7 Å². The van der Waals surface area contributed by atoms with Gasteiger partial charge in [0, 0.05) is 14.1 Å². The standard InChI is InChI=1S/C11H13N3O6S/c1-13(2)21(18,19)10-4-3-7(20-10)11(17)14-5-8(15)12-9(16)6-14/h3-4H,5-6H2,1-2H3,(H,12,15,16). The van der Waals surface area contributed by atoms with Crippen LogP contribution in [0.25, 0.3) is 0 Å². The molecule has 1 N–H and O–H groups in total. The van der Waals surface area contributed by atoms with Crippen molar-refractivity contribution in [2.24, 2.45) is 0 Å². The summed E-state index contributed by atoms with van der Waals surface area (Å²) in [4.78, 5) is 35.5. The average Bonchev–Trinajstić information content (AvgIpc) is 2.86. The highest BCUT2D eigenvalue weighted by atomic mass is 32.2. The maximum absolute atomic E-state index is 12.1. The van der Waals surface area contributed by atoms with Gasteiger partial charge in [-0.25, -0.2) is 12.7 Å². The van der Waals surface area contributed by atoms with Crippen molar-refractivity contribution in [3.05, 3.63) is 17.9 Å². The Bertz CT molecular complexity index is 689. The quantitative estimate of drug-likeness (QED) is 0.688. The van der Waals surface area contributed by atoms with Crippen LogP contribution in [0, 0.1) is 0 Å². The van der Waals surface area contributed by atoms with Gasteiger partial charge in [-0.05, 0) is 12.1 Å². The van der Waals surface area contributed by atoms with Crippen molar-refractivity contribution in [3.8, 4) is 0 Å². The van der Waals surface area contributed by atoms with Gasteiger partial charge in [0.15, 0.2) is 5.76 Å². The summed E-state index contributed by atoms with van der Waals surface area (Å²) in [6.07, 6.45) is 0. The van der Waals surface area contributed by atoms with Gasteiger partial charge in [-0.1, -0.05) is 0 Å². The van der Waals surface area contributed by atoms with E-state index in [1.54, 1.807) is 0 Å². The van der Waals surface area contributed by atoms with Gasteiger partial charge in [-0.15, -0.1) is 0 Å². The molecule has 0 aliphatic carbocycles. The fourth-order valence-electron chi connectivity index (χ4n) is 1.69. The SMILES string of the molecule is CN(C)S(=O)(=O)c1ccc(C(=O)N2CC(=O)NC(=O)C2)o1. The summed E-state index contributed by atoms with van der Waals surface area (Å²) in [6, 6.07) is 2.34. The molecule has 9 nitrogen and oxygen atoms in total. The molecular weight excluding hydrogens is 302 g/mol. The lowest BCUT2D eigenvalue weighted by Crippen LogP contribution is -2.53. The third-order valence-electron chi connectivity index (χ3n) is 2.76. The number of piperazine rings is 1. The monoisotopic (exact) mass is 315 g/mol. The highest BCUT2D eigenvalue weighted by Gasteiger charge is 2.30. The summed E-state index contributed by atoms with van der Waals surface area (Å²) in [7, 11) is -1.14. The molecule has 2 rings (SSSR count). The van der Waals surface area contributed by atoms with Crippen molar-refractivity contribution in [1.82, 2.24) is 14.5 Å². The highest BCUT2D eigenvalue weighted by molar-refractivity contribution is 7.88. The normalized spacial score (nSPS) is 16.2. The Morgan fingerprint density at radius 1 is 1.24 bits per heavy atom. The predicted molar refractivity (Wildman–Crippen MR) is 68.6 cm³/mol. The molecule has 0 saturated carbocycles. The maximum atomic E-state index is 12.1. The number of imide groups is 1. The molecule has 1 aromatic heterocycles. The van der Waals surface area contributed by atoms with Gasteiger partial charge in [0.25, 0.3) is 15.9 Å². The third-order valence-corrected chi connectivity index (χ3v) is 4.45. The minimum atomic E-state index is -3.79. The topological polar surface area (TPSA) is 117 Å². The van der Waals surface area contributed by atoms with Crippen LogP contribution in [0.5, 0.6) is 0 Å². The molecule has 0 unspecified atom stereocenters. The molecule has 3 amide bonds. The molecule has 1 saturated heterocycles. The molecule has 0 bridgehead atoms. The van der Waals surface area contributed by atoms with Crippen molar-refractivity contribution < 1.29 is 27.2 Å². The Morgan fingerprint density at radius 3 is 2.33 bits per heavy atom. The number of sulfonamides is 1. The number of nitrogens with zero attached hydrogens (tertiary/aromatic N) is 2. The molecule has 1 fully saturated rings. The average molecular weight is 315 g/mol. The Labute approximate surface area is 120 Å². The smallest absolute Gasteiger partial charge is 0.290 e. The van der Waals surface area contributed by atoms with Gasteiger partial charge < -0.3 is 9.32 Å². The van der Waals surface area contributed by atoms with Crippen LogP contribution < -0.4 is 5.32 Å². The van der Waals surface area contributed by atoms with E-state index in [0.717, 1.165) is 15.3 Å². The van der Waals surface area contributed by atoms with Crippen molar-refractivity contribution in [1.29, 1.82) is 0 Å². The molecule has 0 aromatic carbocycles. The van der Waals surface area contributed by atoms with Crippen molar-refractivity contribution >= 4 is 27.7 Å². The van der Waals surface area contributed by atoms with E-state index in [1.165, 1.54) is 20.2 Å². The van der Waals surface area contributed by atoms with Crippen molar-refractivity contribution in [2.75, 3.05) is 27.2 Å². The Hall–Kier alpha value is -2.20.